The van der Waals surface area contributed by atoms with Crippen molar-refractivity contribution in [3.05, 3.63) is 22.0 Å². The first kappa shape index (κ1) is 12.6. The smallest absolute Gasteiger partial charge is 0.194 e. The fraction of sp³-hybridized carbons (Fsp3) is 0.615. The summed E-state index contributed by atoms with van der Waals surface area (Å²) in [6, 6.07) is 0. The molecule has 2 heterocycles. The van der Waals surface area contributed by atoms with E-state index in [2.05, 4.69) is 32.1 Å². The fourth-order valence-electron chi connectivity index (χ4n) is 2.39. The van der Waals surface area contributed by atoms with Crippen LogP contribution in [0.3, 0.4) is 0 Å². The van der Waals surface area contributed by atoms with E-state index in [0.717, 1.165) is 17.8 Å². The molecule has 3 nitrogen and oxygen atoms in total. The van der Waals surface area contributed by atoms with Gasteiger partial charge in [0, 0.05) is 22.7 Å². The largest absolute Gasteiger partial charge is 0.330 e. The molecule has 0 aromatic carbocycles. The van der Waals surface area contributed by atoms with Gasteiger partial charge in [-0.25, -0.2) is 4.98 Å². The highest BCUT2D eigenvalue weighted by Gasteiger charge is 2.19. The molecular formula is C13H21N3S. The van der Waals surface area contributed by atoms with E-state index in [4.69, 9.17) is 10.7 Å². The average molecular weight is 251 g/mol. The molecule has 4 heteroatoms. The third-order valence-electron chi connectivity index (χ3n) is 3.16. The summed E-state index contributed by atoms with van der Waals surface area (Å²) >= 11 is 1.79. The minimum atomic E-state index is 0.466. The Bertz CT molecular complexity index is 522. The highest BCUT2D eigenvalue weighted by Crippen LogP contribution is 2.29. The summed E-state index contributed by atoms with van der Waals surface area (Å²) in [5, 5.41) is 0. The normalized spacial score (nSPS) is 11.9. The molecule has 0 fully saturated rings. The Morgan fingerprint density at radius 1 is 1.35 bits per heavy atom. The molecule has 2 rings (SSSR count). The summed E-state index contributed by atoms with van der Waals surface area (Å²) in [4.78, 5) is 7.30. The van der Waals surface area contributed by atoms with Crippen molar-refractivity contribution in [2.75, 3.05) is 6.54 Å². The zero-order valence-electron chi connectivity index (χ0n) is 11.1. The third kappa shape index (κ3) is 2.00. The maximum absolute atomic E-state index is 5.74. The number of nitrogens with two attached hydrogens (primary N) is 1. The number of imidazole rings is 1. The zero-order valence-corrected chi connectivity index (χ0v) is 11.9. The molecule has 0 amide bonds. The summed E-state index contributed by atoms with van der Waals surface area (Å²) in [6.07, 6.45) is 1.97. The Labute approximate surface area is 107 Å². The molecule has 0 radical (unpaired) electrons. The molecule has 17 heavy (non-hydrogen) atoms. The Kier molecular flexibility index (Phi) is 3.54. The van der Waals surface area contributed by atoms with Gasteiger partial charge in [-0.05, 0) is 25.8 Å². The second-order valence-corrected chi connectivity index (χ2v) is 5.90. The number of fused-ring (bicyclic) bond motifs is 1. The zero-order chi connectivity index (χ0) is 12.6. The number of hydrogen-bond acceptors (Lipinski definition) is 3. The lowest BCUT2D eigenvalue weighted by molar-refractivity contribution is 0.783. The van der Waals surface area contributed by atoms with Gasteiger partial charge in [0.2, 0.25) is 0 Å². The number of hydrogen-bond donors (Lipinski definition) is 1. The summed E-state index contributed by atoms with van der Waals surface area (Å²) in [6.45, 7) is 9.47. The van der Waals surface area contributed by atoms with Crippen molar-refractivity contribution in [3.63, 3.8) is 0 Å². The Balaban J connectivity index is 2.70. The van der Waals surface area contributed by atoms with E-state index in [1.807, 2.05) is 0 Å². The van der Waals surface area contributed by atoms with Crippen LogP contribution in [-0.4, -0.2) is 15.9 Å². The second kappa shape index (κ2) is 4.78. The van der Waals surface area contributed by atoms with E-state index >= 15 is 0 Å². The lowest BCUT2D eigenvalue weighted by Crippen LogP contribution is -2.09. The molecule has 0 aliphatic heterocycles. The number of nitrogens with zero attached hydrogens (tertiary/aromatic N) is 2. The number of aryl methyl sites for hydroxylation is 2. The molecule has 0 atom stereocenters. The highest BCUT2D eigenvalue weighted by atomic mass is 32.1. The summed E-state index contributed by atoms with van der Waals surface area (Å²) in [5.74, 6) is 0.466. The Morgan fingerprint density at radius 2 is 2.06 bits per heavy atom. The van der Waals surface area contributed by atoms with Gasteiger partial charge in [-0.2, -0.15) is 0 Å². The van der Waals surface area contributed by atoms with Gasteiger partial charge in [-0.1, -0.05) is 20.8 Å². The predicted molar refractivity (Wildman–Crippen MR) is 74.0 cm³/mol. The molecule has 0 saturated carbocycles. The molecular weight excluding hydrogens is 230 g/mol. The predicted octanol–water partition coefficient (Wildman–Crippen LogP) is 2.89. The van der Waals surface area contributed by atoms with Crippen LogP contribution in [0.2, 0.25) is 0 Å². The summed E-state index contributed by atoms with van der Waals surface area (Å²) in [5.41, 5.74) is 9.67. The van der Waals surface area contributed by atoms with Gasteiger partial charge in [-0.15, -0.1) is 11.3 Å². The molecule has 2 aromatic heterocycles. The van der Waals surface area contributed by atoms with Gasteiger partial charge in [0.15, 0.2) is 4.96 Å². The van der Waals surface area contributed by atoms with Crippen molar-refractivity contribution in [1.29, 1.82) is 0 Å². The first-order chi connectivity index (χ1) is 8.10. The van der Waals surface area contributed by atoms with Crippen LogP contribution in [0.25, 0.3) is 4.96 Å². The maximum atomic E-state index is 5.74. The van der Waals surface area contributed by atoms with Crippen molar-refractivity contribution in [2.45, 2.75) is 46.5 Å². The van der Waals surface area contributed by atoms with Gasteiger partial charge in [-0.3, -0.25) is 4.40 Å². The lowest BCUT2D eigenvalue weighted by atomic mass is 10.1. The molecule has 0 aliphatic carbocycles. The Hall–Kier alpha value is -0.870. The van der Waals surface area contributed by atoms with E-state index in [-0.39, 0.29) is 0 Å². The number of aromatic nitrogens is 2. The van der Waals surface area contributed by atoms with Gasteiger partial charge in [0.1, 0.15) is 0 Å². The first-order valence-corrected chi connectivity index (χ1v) is 7.11. The van der Waals surface area contributed by atoms with Gasteiger partial charge in [0.25, 0.3) is 0 Å². The van der Waals surface area contributed by atoms with Crippen molar-refractivity contribution in [2.24, 2.45) is 5.73 Å². The van der Waals surface area contributed by atoms with Gasteiger partial charge < -0.3 is 5.73 Å². The maximum Gasteiger partial charge on any atom is 0.194 e. The first-order valence-electron chi connectivity index (χ1n) is 6.29. The number of rotatable bonds is 4. The Morgan fingerprint density at radius 3 is 2.59 bits per heavy atom. The highest BCUT2D eigenvalue weighted by molar-refractivity contribution is 7.17. The quantitative estimate of drug-likeness (QED) is 0.908. The van der Waals surface area contributed by atoms with E-state index in [1.165, 1.54) is 22.0 Å². The molecule has 0 unspecified atom stereocenters. The molecule has 0 bridgehead atoms. The van der Waals surface area contributed by atoms with Crippen LogP contribution in [0, 0.1) is 6.92 Å². The van der Waals surface area contributed by atoms with Crippen LogP contribution in [0.4, 0.5) is 0 Å². The fourth-order valence-corrected chi connectivity index (χ4v) is 3.48. The van der Waals surface area contributed by atoms with Crippen LogP contribution in [0.5, 0.6) is 0 Å². The van der Waals surface area contributed by atoms with Crippen molar-refractivity contribution in [3.8, 4) is 0 Å². The topological polar surface area (TPSA) is 43.3 Å². The molecule has 2 aromatic rings. The summed E-state index contributed by atoms with van der Waals surface area (Å²) < 4.78 is 2.34. The number of thiazole rings is 1. The standard InChI is InChI=1S/C13H21N3S/c1-5-10-9(4)17-13-15-12(8(2)3)11(6-7-14)16(10)13/h8H,5-7,14H2,1-4H3. The van der Waals surface area contributed by atoms with Gasteiger partial charge >= 0.3 is 0 Å². The monoisotopic (exact) mass is 251 g/mol. The molecule has 0 aliphatic rings. The van der Waals surface area contributed by atoms with Crippen molar-refractivity contribution < 1.29 is 0 Å². The molecule has 0 saturated heterocycles. The summed E-state index contributed by atoms with van der Waals surface area (Å²) in [7, 11) is 0. The molecule has 2 N–H and O–H groups in total. The van der Waals surface area contributed by atoms with Crippen molar-refractivity contribution >= 4 is 16.3 Å². The van der Waals surface area contributed by atoms with Gasteiger partial charge in [0.05, 0.1) is 5.69 Å². The van der Waals surface area contributed by atoms with Crippen LogP contribution >= 0.6 is 11.3 Å². The molecule has 0 spiro atoms. The lowest BCUT2D eigenvalue weighted by Gasteiger charge is -2.07. The SMILES string of the molecule is CCc1c(C)sc2nc(C(C)C)c(CCN)n12. The van der Waals surface area contributed by atoms with E-state index in [0.29, 0.717) is 12.5 Å². The minimum Gasteiger partial charge on any atom is -0.330 e. The third-order valence-corrected chi connectivity index (χ3v) is 4.15. The average Bonchev–Trinajstić information content (AvgIpc) is 2.75. The minimum absolute atomic E-state index is 0.466. The van der Waals surface area contributed by atoms with Crippen LogP contribution in [0.15, 0.2) is 0 Å². The van der Waals surface area contributed by atoms with E-state index in [9.17, 15) is 0 Å². The second-order valence-electron chi connectivity index (χ2n) is 4.71. The van der Waals surface area contributed by atoms with E-state index in [1.54, 1.807) is 11.3 Å². The molecule has 94 valence electrons. The van der Waals surface area contributed by atoms with Crippen LogP contribution in [0.1, 0.15) is 48.6 Å². The van der Waals surface area contributed by atoms with Crippen LogP contribution in [-0.2, 0) is 12.8 Å². The van der Waals surface area contributed by atoms with E-state index < -0.39 is 0 Å². The van der Waals surface area contributed by atoms with Crippen molar-refractivity contribution in [1.82, 2.24) is 9.38 Å². The van der Waals surface area contributed by atoms with Crippen LogP contribution < -0.4 is 5.73 Å².